The lowest BCUT2D eigenvalue weighted by atomic mass is 9.93. The van der Waals surface area contributed by atoms with Crippen LogP contribution in [0.1, 0.15) is 46.0 Å². The third-order valence-electron chi connectivity index (χ3n) is 3.01. The van der Waals surface area contributed by atoms with Gasteiger partial charge in [-0.1, -0.05) is 20.3 Å². The summed E-state index contributed by atoms with van der Waals surface area (Å²) in [5.74, 6) is 1.85. The first-order valence-corrected chi connectivity index (χ1v) is 4.98. The van der Waals surface area contributed by atoms with E-state index in [0.29, 0.717) is 6.04 Å². The monoisotopic (exact) mass is 155 g/mol. The highest BCUT2D eigenvalue weighted by Gasteiger charge is 2.22. The van der Waals surface area contributed by atoms with E-state index >= 15 is 0 Å². The summed E-state index contributed by atoms with van der Waals surface area (Å²) in [5, 5.41) is 0. The summed E-state index contributed by atoms with van der Waals surface area (Å²) in [5.41, 5.74) is 5.84. The van der Waals surface area contributed by atoms with E-state index in [1.165, 1.54) is 32.1 Å². The summed E-state index contributed by atoms with van der Waals surface area (Å²) in [6, 6.07) is 0.518. The van der Waals surface area contributed by atoms with Crippen molar-refractivity contribution in [2.24, 2.45) is 17.6 Å². The molecule has 1 heteroatoms. The zero-order valence-corrected chi connectivity index (χ0v) is 7.84. The van der Waals surface area contributed by atoms with Gasteiger partial charge in [0.1, 0.15) is 0 Å². The molecular weight excluding hydrogens is 134 g/mol. The molecule has 0 radical (unpaired) electrons. The Kier molecular flexibility index (Phi) is 3.38. The predicted octanol–water partition coefficient (Wildman–Crippen LogP) is 2.55. The zero-order valence-electron chi connectivity index (χ0n) is 7.84. The van der Waals surface area contributed by atoms with Crippen LogP contribution in [0.4, 0.5) is 0 Å². The smallest absolute Gasteiger partial charge is 0.00415 e. The predicted molar refractivity (Wildman–Crippen MR) is 49.4 cm³/mol. The highest BCUT2D eigenvalue weighted by atomic mass is 14.6. The molecule has 0 saturated heterocycles. The molecule has 0 aliphatic heterocycles. The second-order valence-corrected chi connectivity index (χ2v) is 4.19. The molecule has 0 aromatic carbocycles. The van der Waals surface area contributed by atoms with Crippen LogP contribution in [-0.4, -0.2) is 6.04 Å². The highest BCUT2D eigenvalue weighted by molar-refractivity contribution is 4.78. The molecule has 1 rings (SSSR count). The van der Waals surface area contributed by atoms with Gasteiger partial charge >= 0.3 is 0 Å². The first-order valence-electron chi connectivity index (χ1n) is 4.98. The molecule has 0 heterocycles. The molecule has 1 aliphatic rings. The quantitative estimate of drug-likeness (QED) is 0.666. The molecule has 1 saturated carbocycles. The van der Waals surface area contributed by atoms with Crippen LogP contribution in [0.3, 0.4) is 0 Å². The van der Waals surface area contributed by atoms with Crippen LogP contribution in [0.15, 0.2) is 0 Å². The molecule has 0 bridgehead atoms. The Hall–Kier alpha value is -0.0400. The summed E-state index contributed by atoms with van der Waals surface area (Å²) in [6.07, 6.45) is 6.66. The Balaban J connectivity index is 2.17. The molecule has 3 atom stereocenters. The van der Waals surface area contributed by atoms with Crippen LogP contribution in [0, 0.1) is 11.8 Å². The average Bonchev–Trinajstić information content (AvgIpc) is 2.35. The minimum atomic E-state index is 0.518. The van der Waals surface area contributed by atoms with Crippen molar-refractivity contribution in [3.8, 4) is 0 Å². The fourth-order valence-electron chi connectivity index (χ4n) is 2.06. The minimum absolute atomic E-state index is 0.518. The summed E-state index contributed by atoms with van der Waals surface area (Å²) < 4.78 is 0. The largest absolute Gasteiger partial charge is 0.328 e. The number of hydrogen-bond acceptors (Lipinski definition) is 1. The number of hydrogen-bond donors (Lipinski definition) is 1. The van der Waals surface area contributed by atoms with Gasteiger partial charge in [0.05, 0.1) is 0 Å². The van der Waals surface area contributed by atoms with Crippen molar-refractivity contribution in [3.63, 3.8) is 0 Å². The highest BCUT2D eigenvalue weighted by Crippen LogP contribution is 2.30. The van der Waals surface area contributed by atoms with Crippen LogP contribution < -0.4 is 5.73 Å². The van der Waals surface area contributed by atoms with Crippen molar-refractivity contribution in [2.75, 3.05) is 0 Å². The van der Waals surface area contributed by atoms with E-state index in [4.69, 9.17) is 5.73 Å². The Morgan fingerprint density at radius 3 is 2.64 bits per heavy atom. The molecule has 0 aromatic heterocycles. The molecule has 3 unspecified atom stereocenters. The van der Waals surface area contributed by atoms with Crippen LogP contribution in [-0.2, 0) is 0 Å². The maximum Gasteiger partial charge on any atom is 0.00415 e. The zero-order chi connectivity index (χ0) is 8.27. The normalized spacial score (nSPS) is 34.1. The van der Waals surface area contributed by atoms with Crippen molar-refractivity contribution in [3.05, 3.63) is 0 Å². The fourth-order valence-corrected chi connectivity index (χ4v) is 2.06. The van der Waals surface area contributed by atoms with Gasteiger partial charge in [-0.05, 0) is 37.5 Å². The molecule has 1 fully saturated rings. The third-order valence-corrected chi connectivity index (χ3v) is 3.01. The van der Waals surface area contributed by atoms with E-state index in [2.05, 4.69) is 13.8 Å². The summed E-state index contributed by atoms with van der Waals surface area (Å²) in [7, 11) is 0. The second kappa shape index (κ2) is 4.10. The van der Waals surface area contributed by atoms with E-state index in [1.807, 2.05) is 0 Å². The van der Waals surface area contributed by atoms with Crippen LogP contribution in [0.2, 0.25) is 0 Å². The summed E-state index contributed by atoms with van der Waals surface area (Å²) in [4.78, 5) is 0. The number of nitrogens with two attached hydrogens (primary N) is 1. The lowest BCUT2D eigenvalue weighted by Crippen LogP contribution is -2.15. The van der Waals surface area contributed by atoms with E-state index in [-0.39, 0.29) is 0 Å². The molecule has 0 amide bonds. The van der Waals surface area contributed by atoms with Crippen molar-refractivity contribution < 1.29 is 0 Å². The van der Waals surface area contributed by atoms with Gasteiger partial charge in [0.25, 0.3) is 0 Å². The van der Waals surface area contributed by atoms with Crippen LogP contribution in [0.5, 0.6) is 0 Å². The van der Waals surface area contributed by atoms with Gasteiger partial charge in [-0.25, -0.2) is 0 Å². The standard InChI is InChI=1S/C10H21N/c1-3-8(2)6-9-4-5-10(11)7-9/h8-10H,3-7,11H2,1-2H3. The van der Waals surface area contributed by atoms with Gasteiger partial charge in [0.15, 0.2) is 0 Å². The van der Waals surface area contributed by atoms with Gasteiger partial charge < -0.3 is 5.73 Å². The third kappa shape index (κ3) is 2.82. The van der Waals surface area contributed by atoms with Gasteiger partial charge in [-0.3, -0.25) is 0 Å². The molecular formula is C10H21N. The molecule has 1 nitrogen and oxygen atoms in total. The Morgan fingerprint density at radius 2 is 2.18 bits per heavy atom. The molecule has 1 aliphatic carbocycles. The summed E-state index contributed by atoms with van der Waals surface area (Å²) in [6.45, 7) is 4.63. The molecule has 0 aromatic rings. The van der Waals surface area contributed by atoms with Gasteiger partial charge in [0.2, 0.25) is 0 Å². The Morgan fingerprint density at radius 1 is 1.45 bits per heavy atom. The lowest BCUT2D eigenvalue weighted by Gasteiger charge is -2.13. The second-order valence-electron chi connectivity index (χ2n) is 4.19. The van der Waals surface area contributed by atoms with Crippen molar-refractivity contribution >= 4 is 0 Å². The Bertz CT molecular complexity index is 111. The first kappa shape index (κ1) is 9.05. The van der Waals surface area contributed by atoms with E-state index in [9.17, 15) is 0 Å². The van der Waals surface area contributed by atoms with Gasteiger partial charge in [-0.2, -0.15) is 0 Å². The van der Waals surface area contributed by atoms with E-state index < -0.39 is 0 Å². The van der Waals surface area contributed by atoms with Crippen LogP contribution in [0.25, 0.3) is 0 Å². The van der Waals surface area contributed by atoms with Crippen LogP contribution >= 0.6 is 0 Å². The molecule has 11 heavy (non-hydrogen) atoms. The number of rotatable bonds is 3. The lowest BCUT2D eigenvalue weighted by molar-refractivity contribution is 0.386. The van der Waals surface area contributed by atoms with Crippen molar-refractivity contribution in [1.29, 1.82) is 0 Å². The first-order chi connectivity index (χ1) is 5.22. The topological polar surface area (TPSA) is 26.0 Å². The maximum absolute atomic E-state index is 5.84. The van der Waals surface area contributed by atoms with Crippen molar-refractivity contribution in [1.82, 2.24) is 0 Å². The van der Waals surface area contributed by atoms with Gasteiger partial charge in [0, 0.05) is 6.04 Å². The average molecular weight is 155 g/mol. The maximum atomic E-state index is 5.84. The molecule has 0 spiro atoms. The Labute approximate surface area is 70.4 Å². The van der Waals surface area contributed by atoms with Crippen molar-refractivity contribution in [2.45, 2.75) is 52.0 Å². The SMILES string of the molecule is CCC(C)CC1CCC(N)C1. The van der Waals surface area contributed by atoms with E-state index in [1.54, 1.807) is 0 Å². The molecule has 2 N–H and O–H groups in total. The molecule has 66 valence electrons. The van der Waals surface area contributed by atoms with E-state index in [0.717, 1.165) is 11.8 Å². The fraction of sp³-hybridized carbons (Fsp3) is 1.00. The minimum Gasteiger partial charge on any atom is -0.328 e. The summed E-state index contributed by atoms with van der Waals surface area (Å²) >= 11 is 0. The van der Waals surface area contributed by atoms with Gasteiger partial charge in [-0.15, -0.1) is 0 Å².